The number of nitrogens with one attached hydrogen (secondary N) is 1. The predicted molar refractivity (Wildman–Crippen MR) is 86.9 cm³/mol. The maximum Gasteiger partial charge on any atom is 0.261 e. The molecule has 0 unspecified atom stereocenters. The molecule has 0 saturated carbocycles. The molecule has 21 heavy (non-hydrogen) atoms. The first kappa shape index (κ1) is 15.6. The van der Waals surface area contributed by atoms with Crippen molar-refractivity contribution in [3.63, 3.8) is 0 Å². The molecule has 0 aliphatic carbocycles. The van der Waals surface area contributed by atoms with E-state index in [0.717, 1.165) is 11.1 Å². The van der Waals surface area contributed by atoms with Crippen LogP contribution in [0.4, 0.5) is 5.69 Å². The van der Waals surface area contributed by atoms with Crippen LogP contribution in [0.2, 0.25) is 0 Å². The Kier molecular flexibility index (Phi) is 4.10. The van der Waals surface area contributed by atoms with Crippen LogP contribution in [-0.2, 0) is 15.4 Å². The minimum Gasteiger partial charge on any atom is -0.280 e. The molecule has 0 spiro atoms. The van der Waals surface area contributed by atoms with E-state index in [1.165, 1.54) is 0 Å². The molecule has 1 radical (unpaired) electrons. The number of hydrogen-bond donors (Lipinski definition) is 1. The Hall–Kier alpha value is -1.81. The average Bonchev–Trinajstić information content (AvgIpc) is 2.40. The van der Waals surface area contributed by atoms with E-state index in [-0.39, 0.29) is 10.3 Å². The van der Waals surface area contributed by atoms with Crippen LogP contribution >= 0.6 is 0 Å². The molecule has 2 aromatic rings. The van der Waals surface area contributed by atoms with Crippen molar-refractivity contribution in [2.75, 3.05) is 4.72 Å². The Balaban J connectivity index is 2.25. The Morgan fingerprint density at radius 3 is 1.90 bits per heavy atom. The molecule has 0 amide bonds. The summed E-state index contributed by atoms with van der Waals surface area (Å²) >= 11 is 0. The minimum atomic E-state index is -3.56. The van der Waals surface area contributed by atoms with E-state index in [2.05, 4.69) is 32.4 Å². The first-order valence-electron chi connectivity index (χ1n) is 6.74. The molecule has 0 heterocycles. The highest BCUT2D eigenvalue weighted by molar-refractivity contribution is 7.92. The van der Waals surface area contributed by atoms with Gasteiger partial charge in [0.2, 0.25) is 0 Å². The normalized spacial score (nSPS) is 12.2. The molecule has 2 rings (SSSR count). The van der Waals surface area contributed by atoms with E-state index < -0.39 is 10.0 Å². The van der Waals surface area contributed by atoms with Crippen molar-refractivity contribution in [1.82, 2.24) is 0 Å². The summed E-state index contributed by atoms with van der Waals surface area (Å²) < 4.78 is 27.2. The first-order valence-corrected chi connectivity index (χ1v) is 8.22. The summed E-state index contributed by atoms with van der Waals surface area (Å²) in [6.07, 6.45) is 0. The summed E-state index contributed by atoms with van der Waals surface area (Å²) in [4.78, 5) is 0.259. The van der Waals surface area contributed by atoms with Crippen molar-refractivity contribution < 1.29 is 8.42 Å². The molecule has 0 atom stereocenters. The SMILES string of the molecule is [CH2]c1ccc(NS(=O)(=O)c2ccc(C(C)(C)C)cc2)cc1. The van der Waals surface area contributed by atoms with Gasteiger partial charge in [-0.15, -0.1) is 0 Å². The highest BCUT2D eigenvalue weighted by Gasteiger charge is 2.17. The van der Waals surface area contributed by atoms with Gasteiger partial charge in [-0.2, -0.15) is 0 Å². The standard InChI is InChI=1S/C17H20NO2S/c1-13-5-9-15(10-6-13)18-21(19,20)16-11-7-14(8-12-16)17(2,3)4/h5-12,18H,1H2,2-4H3. The van der Waals surface area contributed by atoms with Crippen molar-refractivity contribution in [3.05, 3.63) is 66.6 Å². The monoisotopic (exact) mass is 302 g/mol. The number of benzene rings is 2. The molecule has 0 fully saturated rings. The third-order valence-electron chi connectivity index (χ3n) is 3.24. The molecular formula is C17H20NO2S. The topological polar surface area (TPSA) is 46.2 Å². The van der Waals surface area contributed by atoms with Gasteiger partial charge in [-0.3, -0.25) is 4.72 Å². The second-order valence-electron chi connectivity index (χ2n) is 6.08. The van der Waals surface area contributed by atoms with Crippen LogP contribution in [0.25, 0.3) is 0 Å². The molecule has 0 aromatic heterocycles. The van der Waals surface area contributed by atoms with Gasteiger partial charge in [-0.1, -0.05) is 45.0 Å². The van der Waals surface area contributed by atoms with Crippen LogP contribution in [0.15, 0.2) is 53.4 Å². The average molecular weight is 302 g/mol. The Bertz CT molecular complexity index is 709. The molecule has 0 aliphatic heterocycles. The van der Waals surface area contributed by atoms with Gasteiger partial charge in [0, 0.05) is 5.69 Å². The molecule has 0 aliphatic rings. The Morgan fingerprint density at radius 2 is 1.43 bits per heavy atom. The van der Waals surface area contributed by atoms with E-state index in [4.69, 9.17) is 0 Å². The maximum absolute atomic E-state index is 12.3. The van der Waals surface area contributed by atoms with Crippen molar-refractivity contribution >= 4 is 15.7 Å². The van der Waals surface area contributed by atoms with Gasteiger partial charge in [0.15, 0.2) is 0 Å². The molecule has 1 N–H and O–H groups in total. The van der Waals surface area contributed by atoms with E-state index in [1.807, 2.05) is 12.1 Å². The number of sulfonamides is 1. The minimum absolute atomic E-state index is 0.000320. The number of anilines is 1. The van der Waals surface area contributed by atoms with Crippen LogP contribution in [0.3, 0.4) is 0 Å². The van der Waals surface area contributed by atoms with Crippen molar-refractivity contribution in [2.24, 2.45) is 0 Å². The molecular weight excluding hydrogens is 282 g/mol. The van der Waals surface area contributed by atoms with E-state index in [1.54, 1.807) is 36.4 Å². The Labute approximate surface area is 127 Å². The third kappa shape index (κ3) is 3.85. The lowest BCUT2D eigenvalue weighted by molar-refractivity contribution is 0.587. The van der Waals surface area contributed by atoms with Crippen molar-refractivity contribution in [1.29, 1.82) is 0 Å². The van der Waals surface area contributed by atoms with Crippen molar-refractivity contribution in [2.45, 2.75) is 31.1 Å². The second-order valence-corrected chi connectivity index (χ2v) is 7.76. The highest BCUT2D eigenvalue weighted by atomic mass is 32.2. The zero-order valence-corrected chi connectivity index (χ0v) is 13.4. The quantitative estimate of drug-likeness (QED) is 0.932. The van der Waals surface area contributed by atoms with Gasteiger partial charge in [-0.05, 0) is 47.7 Å². The van der Waals surface area contributed by atoms with E-state index in [9.17, 15) is 8.42 Å². The fourth-order valence-electron chi connectivity index (χ4n) is 1.92. The lowest BCUT2D eigenvalue weighted by Gasteiger charge is -2.19. The van der Waals surface area contributed by atoms with E-state index >= 15 is 0 Å². The summed E-state index contributed by atoms with van der Waals surface area (Å²) in [5.41, 5.74) is 2.47. The lowest BCUT2D eigenvalue weighted by atomic mass is 9.87. The molecule has 0 saturated heterocycles. The fraction of sp³-hybridized carbons (Fsp3) is 0.235. The summed E-state index contributed by atoms with van der Waals surface area (Å²) in [5, 5.41) is 0. The second kappa shape index (κ2) is 5.53. The van der Waals surface area contributed by atoms with Crippen LogP contribution in [0, 0.1) is 6.92 Å². The van der Waals surface area contributed by atoms with Gasteiger partial charge < -0.3 is 0 Å². The van der Waals surface area contributed by atoms with Gasteiger partial charge in [-0.25, -0.2) is 8.42 Å². The maximum atomic E-state index is 12.3. The summed E-state index contributed by atoms with van der Waals surface area (Å²) in [6, 6.07) is 13.9. The lowest BCUT2D eigenvalue weighted by Crippen LogP contribution is -2.14. The van der Waals surface area contributed by atoms with Gasteiger partial charge in [0.1, 0.15) is 0 Å². The molecule has 0 bridgehead atoms. The molecule has 4 heteroatoms. The van der Waals surface area contributed by atoms with Crippen LogP contribution < -0.4 is 4.72 Å². The predicted octanol–water partition coefficient (Wildman–Crippen LogP) is 3.97. The zero-order valence-electron chi connectivity index (χ0n) is 12.6. The van der Waals surface area contributed by atoms with Gasteiger partial charge >= 0.3 is 0 Å². The molecule has 111 valence electrons. The van der Waals surface area contributed by atoms with Crippen LogP contribution in [0.5, 0.6) is 0 Å². The van der Waals surface area contributed by atoms with Crippen LogP contribution in [-0.4, -0.2) is 8.42 Å². The summed E-state index contributed by atoms with van der Waals surface area (Å²) in [7, 11) is -3.56. The van der Waals surface area contributed by atoms with Gasteiger partial charge in [0.05, 0.1) is 4.90 Å². The largest absolute Gasteiger partial charge is 0.280 e. The van der Waals surface area contributed by atoms with Crippen molar-refractivity contribution in [3.8, 4) is 0 Å². The first-order chi connectivity index (χ1) is 9.68. The molecule has 2 aromatic carbocycles. The zero-order chi connectivity index (χ0) is 15.7. The fourth-order valence-corrected chi connectivity index (χ4v) is 2.98. The van der Waals surface area contributed by atoms with Crippen LogP contribution in [0.1, 0.15) is 31.9 Å². The van der Waals surface area contributed by atoms with E-state index in [0.29, 0.717) is 5.69 Å². The highest BCUT2D eigenvalue weighted by Crippen LogP contribution is 2.24. The number of rotatable bonds is 3. The Morgan fingerprint density at radius 1 is 0.905 bits per heavy atom. The third-order valence-corrected chi connectivity index (χ3v) is 4.63. The smallest absolute Gasteiger partial charge is 0.261 e. The number of hydrogen-bond acceptors (Lipinski definition) is 2. The summed E-state index contributed by atoms with van der Waals surface area (Å²) in [6.45, 7) is 10.0. The molecule has 3 nitrogen and oxygen atoms in total. The summed E-state index contributed by atoms with van der Waals surface area (Å²) in [5.74, 6) is 0. The van der Waals surface area contributed by atoms with Gasteiger partial charge in [0.25, 0.3) is 10.0 Å².